The molecule has 3 aromatic rings. The molecule has 3 N–H and O–H groups in total. The van der Waals surface area contributed by atoms with Crippen molar-refractivity contribution in [3.8, 4) is 5.75 Å². The van der Waals surface area contributed by atoms with E-state index in [9.17, 15) is 9.59 Å². The number of hydrogen-bond acceptors (Lipinski definition) is 4. The zero-order valence-electron chi connectivity index (χ0n) is 16.5. The van der Waals surface area contributed by atoms with E-state index in [-0.39, 0.29) is 40.8 Å². The molecule has 0 radical (unpaired) electrons. The van der Waals surface area contributed by atoms with E-state index in [0.717, 1.165) is 0 Å². The highest BCUT2D eigenvalue weighted by Crippen LogP contribution is 2.32. The number of nitrogens with two attached hydrogens (primary N) is 1. The number of nitrogens with one attached hydrogen (secondary N) is 1. The Labute approximate surface area is 174 Å². The summed E-state index contributed by atoms with van der Waals surface area (Å²) in [6.45, 7) is 5.94. The van der Waals surface area contributed by atoms with E-state index in [1.165, 1.54) is 12.3 Å². The Bertz CT molecular complexity index is 1090. The number of H-pyrrole nitrogens is 1. The van der Waals surface area contributed by atoms with Crippen LogP contribution in [0.4, 0.5) is 4.39 Å². The van der Waals surface area contributed by atoms with Gasteiger partial charge in [0.15, 0.2) is 17.3 Å². The zero-order valence-corrected chi connectivity index (χ0v) is 17.3. The fourth-order valence-corrected chi connectivity index (χ4v) is 3.07. The van der Waals surface area contributed by atoms with Crippen molar-refractivity contribution >= 4 is 29.0 Å². The van der Waals surface area contributed by atoms with Crippen molar-refractivity contribution in [1.29, 1.82) is 0 Å². The van der Waals surface area contributed by atoms with Crippen LogP contribution in [0.1, 0.15) is 48.3 Å². The smallest absolute Gasteiger partial charge is 0.255 e. The molecule has 1 unspecified atom stereocenters. The minimum atomic E-state index is -0.734. The summed E-state index contributed by atoms with van der Waals surface area (Å²) in [7, 11) is 0. The number of aromatic nitrogens is 1. The van der Waals surface area contributed by atoms with Crippen molar-refractivity contribution in [2.45, 2.75) is 26.8 Å². The van der Waals surface area contributed by atoms with E-state index < -0.39 is 17.6 Å². The van der Waals surface area contributed by atoms with Gasteiger partial charge in [-0.1, -0.05) is 32.0 Å². The molecule has 2 aromatic carbocycles. The van der Waals surface area contributed by atoms with Gasteiger partial charge in [0.05, 0.1) is 12.2 Å². The maximum absolute atomic E-state index is 15.3. The normalized spacial score (nSPS) is 11.9. The number of pyridine rings is 1. The summed E-state index contributed by atoms with van der Waals surface area (Å²) in [6.07, 6.45) is 1.47. The highest BCUT2D eigenvalue weighted by atomic mass is 35.5. The summed E-state index contributed by atoms with van der Waals surface area (Å²) in [5.74, 6) is -1.06. The standard InChI is InChI=1S/C22H23FN2O3.ClH/c1-12(2)11-28-21-14(13(3)24)7-8-18(19(21)23)20(26)16-5-4-6-17-15(16)9-10-25-22(17)27;/h4-10,12-13H,11,24H2,1-3H3,(H,25,27);1H. The molecule has 0 fully saturated rings. The van der Waals surface area contributed by atoms with E-state index >= 15 is 4.39 Å². The number of halogens is 2. The topological polar surface area (TPSA) is 85.2 Å². The molecule has 5 nitrogen and oxygen atoms in total. The average molecular weight is 419 g/mol. The van der Waals surface area contributed by atoms with Crippen LogP contribution in [0.25, 0.3) is 10.8 Å². The molecule has 0 spiro atoms. The van der Waals surface area contributed by atoms with Gasteiger partial charge >= 0.3 is 0 Å². The quantitative estimate of drug-likeness (QED) is 0.582. The molecule has 0 saturated carbocycles. The molecule has 1 aromatic heterocycles. The monoisotopic (exact) mass is 418 g/mol. The van der Waals surface area contributed by atoms with Gasteiger partial charge in [0, 0.05) is 28.8 Å². The molecule has 0 bridgehead atoms. The number of benzene rings is 2. The maximum atomic E-state index is 15.3. The first-order valence-electron chi connectivity index (χ1n) is 9.17. The lowest BCUT2D eigenvalue weighted by Gasteiger charge is -2.18. The highest BCUT2D eigenvalue weighted by molar-refractivity contribution is 6.16. The molecule has 7 heteroatoms. The molecular formula is C22H24ClFN2O3. The molecule has 0 aliphatic heterocycles. The molecule has 3 rings (SSSR count). The molecule has 0 aliphatic carbocycles. The van der Waals surface area contributed by atoms with Crippen LogP contribution in [-0.4, -0.2) is 17.4 Å². The van der Waals surface area contributed by atoms with E-state index in [0.29, 0.717) is 22.9 Å². The molecule has 0 amide bonds. The number of ether oxygens (including phenoxy) is 1. The van der Waals surface area contributed by atoms with Crippen LogP contribution in [0, 0.1) is 11.7 Å². The Morgan fingerprint density at radius 2 is 1.83 bits per heavy atom. The Morgan fingerprint density at radius 1 is 1.10 bits per heavy atom. The maximum Gasteiger partial charge on any atom is 0.255 e. The number of carbonyl (C=O) groups excluding carboxylic acids is 1. The van der Waals surface area contributed by atoms with Crippen molar-refractivity contribution in [3.63, 3.8) is 0 Å². The largest absolute Gasteiger partial charge is 0.490 e. The van der Waals surface area contributed by atoms with Gasteiger partial charge in [-0.25, -0.2) is 4.39 Å². The number of fused-ring (bicyclic) bond motifs is 1. The molecule has 1 heterocycles. The van der Waals surface area contributed by atoms with Crippen LogP contribution < -0.4 is 16.0 Å². The number of carbonyl (C=O) groups is 1. The summed E-state index contributed by atoms with van der Waals surface area (Å²) in [6, 6.07) is 9.04. The van der Waals surface area contributed by atoms with Crippen molar-refractivity contribution in [2.75, 3.05) is 6.61 Å². The lowest BCUT2D eigenvalue weighted by Crippen LogP contribution is -2.15. The molecule has 0 saturated heterocycles. The Kier molecular flexibility index (Phi) is 7.16. The SMILES string of the molecule is CC(C)COc1c(C(C)N)ccc(C(=O)c2cccc3c(=O)[nH]ccc23)c1F.Cl. The third-order valence-electron chi connectivity index (χ3n) is 4.48. The molecular weight excluding hydrogens is 395 g/mol. The van der Waals surface area contributed by atoms with E-state index in [4.69, 9.17) is 10.5 Å². The van der Waals surface area contributed by atoms with Crippen LogP contribution in [0.5, 0.6) is 5.75 Å². The fraction of sp³-hybridized carbons (Fsp3) is 0.273. The third-order valence-corrected chi connectivity index (χ3v) is 4.48. The van der Waals surface area contributed by atoms with Crippen LogP contribution in [0.15, 0.2) is 47.4 Å². The summed E-state index contributed by atoms with van der Waals surface area (Å²) < 4.78 is 21.0. The molecule has 154 valence electrons. The second-order valence-corrected chi connectivity index (χ2v) is 7.24. The van der Waals surface area contributed by atoms with E-state index in [1.807, 2.05) is 13.8 Å². The van der Waals surface area contributed by atoms with Gasteiger partial charge < -0.3 is 15.5 Å². The third kappa shape index (κ3) is 4.49. The first-order valence-corrected chi connectivity index (χ1v) is 9.17. The van der Waals surface area contributed by atoms with Gasteiger partial charge in [0.2, 0.25) is 0 Å². The van der Waals surface area contributed by atoms with Crippen molar-refractivity contribution in [1.82, 2.24) is 4.98 Å². The van der Waals surface area contributed by atoms with E-state index in [1.54, 1.807) is 37.3 Å². The van der Waals surface area contributed by atoms with Crippen molar-refractivity contribution in [2.24, 2.45) is 11.7 Å². The number of ketones is 1. The van der Waals surface area contributed by atoms with Gasteiger partial charge in [-0.05, 0) is 36.4 Å². The van der Waals surface area contributed by atoms with Gasteiger partial charge in [-0.15, -0.1) is 12.4 Å². The predicted molar refractivity (Wildman–Crippen MR) is 115 cm³/mol. The zero-order chi connectivity index (χ0) is 20.4. The van der Waals surface area contributed by atoms with Crippen molar-refractivity contribution < 1.29 is 13.9 Å². The Morgan fingerprint density at radius 3 is 2.48 bits per heavy atom. The first-order chi connectivity index (χ1) is 13.3. The van der Waals surface area contributed by atoms with Gasteiger partial charge in [-0.3, -0.25) is 9.59 Å². The molecule has 0 aliphatic rings. The van der Waals surface area contributed by atoms with Crippen LogP contribution in [0.2, 0.25) is 0 Å². The van der Waals surface area contributed by atoms with Gasteiger partial charge in [-0.2, -0.15) is 0 Å². The minimum Gasteiger partial charge on any atom is -0.490 e. The lowest BCUT2D eigenvalue weighted by atomic mass is 9.95. The number of rotatable bonds is 6. The van der Waals surface area contributed by atoms with Gasteiger partial charge in [0.25, 0.3) is 5.56 Å². The Balaban J connectivity index is 0.00000300. The van der Waals surface area contributed by atoms with Crippen LogP contribution in [-0.2, 0) is 0 Å². The minimum absolute atomic E-state index is 0. The molecule has 1 atom stereocenters. The second-order valence-electron chi connectivity index (χ2n) is 7.24. The number of hydrogen-bond donors (Lipinski definition) is 2. The lowest BCUT2D eigenvalue weighted by molar-refractivity contribution is 0.103. The summed E-state index contributed by atoms with van der Waals surface area (Å²) in [5, 5.41) is 0.841. The summed E-state index contributed by atoms with van der Waals surface area (Å²) >= 11 is 0. The average Bonchev–Trinajstić information content (AvgIpc) is 2.66. The summed E-state index contributed by atoms with van der Waals surface area (Å²) in [5.41, 5.74) is 6.29. The van der Waals surface area contributed by atoms with Crippen LogP contribution >= 0.6 is 12.4 Å². The first kappa shape index (κ1) is 22.6. The highest BCUT2D eigenvalue weighted by Gasteiger charge is 2.23. The van der Waals surface area contributed by atoms with Crippen LogP contribution in [0.3, 0.4) is 0 Å². The fourth-order valence-electron chi connectivity index (χ4n) is 3.07. The predicted octanol–water partition coefficient (Wildman–Crippen LogP) is 4.37. The number of aromatic amines is 1. The molecule has 29 heavy (non-hydrogen) atoms. The van der Waals surface area contributed by atoms with E-state index in [2.05, 4.69) is 4.98 Å². The Hall–Kier alpha value is -2.70. The van der Waals surface area contributed by atoms with Gasteiger partial charge in [0.1, 0.15) is 0 Å². The summed E-state index contributed by atoms with van der Waals surface area (Å²) in [4.78, 5) is 27.7. The second kappa shape index (κ2) is 9.20. The van der Waals surface area contributed by atoms with Crippen molar-refractivity contribution in [3.05, 3.63) is 75.5 Å².